The van der Waals surface area contributed by atoms with E-state index in [0.717, 1.165) is 0 Å². The third-order valence-electron chi connectivity index (χ3n) is 7.76. The van der Waals surface area contributed by atoms with Crippen molar-refractivity contribution in [1.29, 1.82) is 0 Å². The van der Waals surface area contributed by atoms with Crippen LogP contribution >= 0.6 is 7.92 Å². The average Bonchev–Trinajstić information content (AvgIpc) is 2.95. The molecule has 0 spiro atoms. The maximum absolute atomic E-state index is 2.37. The van der Waals surface area contributed by atoms with Crippen molar-refractivity contribution < 1.29 is 0 Å². The molecule has 2 heteroatoms. The summed E-state index contributed by atoms with van der Waals surface area (Å²) in [5.74, 6) is 0. The van der Waals surface area contributed by atoms with Gasteiger partial charge >= 0.3 is 0 Å². The molecular formula is C38H44BP. The van der Waals surface area contributed by atoms with Crippen LogP contribution in [0.15, 0.2) is 152 Å². The van der Waals surface area contributed by atoms with Gasteiger partial charge in [-0.25, -0.2) is 0 Å². The van der Waals surface area contributed by atoms with Crippen molar-refractivity contribution in [1.82, 2.24) is 0 Å². The number of hydrogen-bond acceptors (Lipinski definition) is 0. The molecule has 0 heterocycles. The summed E-state index contributed by atoms with van der Waals surface area (Å²) in [4.78, 5) is 0. The third-order valence-corrected chi connectivity index (χ3v) is 11.7. The fourth-order valence-electron chi connectivity index (χ4n) is 6.72. The maximum Gasteiger partial charge on any atom is 0.108 e. The summed E-state index contributed by atoms with van der Waals surface area (Å²) >= 11 is 0. The predicted octanol–water partition coefficient (Wildman–Crippen LogP) is 7.19. The first-order valence-corrected chi connectivity index (χ1v) is 16.0. The molecule has 0 atom stereocenters. The molecule has 0 fully saturated rings. The van der Waals surface area contributed by atoms with Crippen LogP contribution in [-0.4, -0.2) is 16.5 Å². The number of rotatable bonds is 5. The van der Waals surface area contributed by atoms with E-state index in [1.165, 1.54) is 21.9 Å². The van der Waals surface area contributed by atoms with Crippen LogP contribution in [0.3, 0.4) is 0 Å². The average molecular weight is 543 g/mol. The molecule has 0 aliphatic carbocycles. The van der Waals surface area contributed by atoms with Gasteiger partial charge < -0.3 is 0 Å². The second-order valence-electron chi connectivity index (χ2n) is 12.7. The molecule has 40 heavy (non-hydrogen) atoms. The van der Waals surface area contributed by atoms with E-state index >= 15 is 0 Å². The molecule has 204 valence electrons. The zero-order valence-electron chi connectivity index (χ0n) is 25.0. The van der Waals surface area contributed by atoms with Crippen LogP contribution in [0.1, 0.15) is 41.5 Å². The first kappa shape index (κ1) is 29.6. The van der Waals surface area contributed by atoms with Gasteiger partial charge in [0, 0.05) is 7.92 Å². The molecule has 5 aromatic carbocycles. The summed E-state index contributed by atoms with van der Waals surface area (Å²) in [7, 11) is -0.553. The molecule has 0 aromatic heterocycles. The monoisotopic (exact) mass is 542 g/mol. The molecule has 0 amide bonds. The van der Waals surface area contributed by atoms with Gasteiger partial charge in [-0.1, -0.05) is 140 Å². The highest BCUT2D eigenvalue weighted by molar-refractivity contribution is 7.68. The van der Waals surface area contributed by atoms with E-state index in [1.54, 1.807) is 5.30 Å². The van der Waals surface area contributed by atoms with Gasteiger partial charge in [0.25, 0.3) is 0 Å². The predicted molar refractivity (Wildman–Crippen MR) is 184 cm³/mol. The highest BCUT2D eigenvalue weighted by Gasteiger charge is 2.43. The van der Waals surface area contributed by atoms with E-state index in [1.807, 2.05) is 0 Å². The van der Waals surface area contributed by atoms with Crippen molar-refractivity contribution in [2.75, 3.05) is 0 Å². The van der Waals surface area contributed by atoms with E-state index in [9.17, 15) is 0 Å². The Morgan fingerprint density at radius 2 is 0.575 bits per heavy atom. The van der Waals surface area contributed by atoms with Gasteiger partial charge in [0.1, 0.15) is 6.15 Å². The lowest BCUT2D eigenvalue weighted by molar-refractivity contribution is 0.715. The highest BCUT2D eigenvalue weighted by atomic mass is 31.1. The maximum atomic E-state index is 2.37. The van der Waals surface area contributed by atoms with Crippen molar-refractivity contribution in [3.05, 3.63) is 152 Å². The third kappa shape index (κ3) is 6.66. The Morgan fingerprint density at radius 1 is 0.350 bits per heavy atom. The number of benzene rings is 5. The summed E-state index contributed by atoms with van der Waals surface area (Å²) < 4.78 is 0. The zero-order valence-corrected chi connectivity index (χ0v) is 26.0. The topological polar surface area (TPSA) is 0 Å². The molecule has 0 unspecified atom stereocenters. The summed E-state index contributed by atoms with van der Waals surface area (Å²) in [6, 6.07) is 54.6. The van der Waals surface area contributed by atoms with Crippen LogP contribution in [0.2, 0.25) is 0 Å². The summed E-state index contributed by atoms with van der Waals surface area (Å²) in [5.41, 5.74) is 5.36. The molecule has 0 aliphatic heterocycles. The van der Waals surface area contributed by atoms with Gasteiger partial charge in [-0.05, 0) is 53.7 Å². The lowest BCUT2D eigenvalue weighted by atomic mass is 9.13. The standard InChI is InChI=1S/C24H20B.C14H23P/c1-5-13-21(14-6-1)25(22-15-7-2-8-16-22,23-17-9-3-10-18-23)24-19-11-4-12-20-24;1-13(2,3)15(14(4,5)6)12-10-8-7-9-11-12/h1-20H;7-11H,1-6H3/q-1;/p+1. The van der Waals surface area contributed by atoms with Crippen molar-refractivity contribution in [2.45, 2.75) is 51.9 Å². The van der Waals surface area contributed by atoms with Crippen molar-refractivity contribution >= 4 is 41.2 Å². The van der Waals surface area contributed by atoms with E-state index < -0.39 is 14.1 Å². The Morgan fingerprint density at radius 3 is 0.800 bits per heavy atom. The number of hydrogen-bond donors (Lipinski definition) is 0. The largest absolute Gasteiger partial charge is 0.195 e. The lowest BCUT2D eigenvalue weighted by Crippen LogP contribution is -2.74. The van der Waals surface area contributed by atoms with Crippen molar-refractivity contribution in [3.8, 4) is 0 Å². The smallest absolute Gasteiger partial charge is 0.108 e. The highest BCUT2D eigenvalue weighted by Crippen LogP contribution is 2.58. The molecule has 0 saturated carbocycles. The SMILES string of the molecule is CC(C)(C)[PH+](c1ccccc1)C(C)(C)C.c1ccc([B-](c2ccccc2)(c2ccccc2)c2ccccc2)cc1. The van der Waals surface area contributed by atoms with Crippen molar-refractivity contribution in [2.24, 2.45) is 0 Å². The molecule has 0 N–H and O–H groups in total. The van der Waals surface area contributed by atoms with Crippen molar-refractivity contribution in [3.63, 3.8) is 0 Å². The van der Waals surface area contributed by atoms with Crippen LogP contribution in [0.5, 0.6) is 0 Å². The van der Waals surface area contributed by atoms with E-state index in [4.69, 9.17) is 0 Å². The Kier molecular flexibility index (Phi) is 9.50. The van der Waals surface area contributed by atoms with Crippen LogP contribution in [0.25, 0.3) is 0 Å². The van der Waals surface area contributed by atoms with E-state index in [2.05, 4.69) is 193 Å². The van der Waals surface area contributed by atoms with Crippen LogP contribution in [0.4, 0.5) is 0 Å². The van der Waals surface area contributed by atoms with Crippen LogP contribution in [0, 0.1) is 0 Å². The molecule has 0 aliphatic rings. The van der Waals surface area contributed by atoms with Crippen LogP contribution < -0.4 is 27.2 Å². The fourth-order valence-corrected chi connectivity index (χ4v) is 11.2. The normalized spacial score (nSPS) is 12.0. The Bertz CT molecular complexity index is 1240. The Balaban J connectivity index is 0.000000212. The molecule has 5 aromatic rings. The minimum atomic E-state index is -1.22. The Hall–Kier alpha value is -3.41. The first-order valence-electron chi connectivity index (χ1n) is 14.5. The first-order chi connectivity index (χ1) is 19.1. The minimum absolute atomic E-state index is 0.407. The van der Waals surface area contributed by atoms with E-state index in [-0.39, 0.29) is 0 Å². The van der Waals surface area contributed by atoms with Gasteiger partial charge in [-0.3, -0.25) is 0 Å². The molecular weight excluding hydrogens is 498 g/mol. The van der Waals surface area contributed by atoms with Gasteiger partial charge in [0.2, 0.25) is 0 Å². The minimum Gasteiger partial charge on any atom is -0.195 e. The summed E-state index contributed by atoms with van der Waals surface area (Å²) in [6.45, 7) is 14.2. The summed E-state index contributed by atoms with van der Waals surface area (Å²) in [6.07, 6.45) is -1.22. The molecule has 0 bridgehead atoms. The van der Waals surface area contributed by atoms with Gasteiger partial charge in [-0.15, -0.1) is 0 Å². The quantitative estimate of drug-likeness (QED) is 0.163. The van der Waals surface area contributed by atoms with E-state index in [0.29, 0.717) is 10.3 Å². The molecule has 0 nitrogen and oxygen atoms in total. The zero-order chi connectivity index (χ0) is 28.6. The Labute approximate surface area is 244 Å². The second-order valence-corrected chi connectivity index (χ2v) is 17.1. The lowest BCUT2D eigenvalue weighted by Gasteiger charge is -2.44. The van der Waals surface area contributed by atoms with Gasteiger partial charge in [-0.2, -0.15) is 21.9 Å². The van der Waals surface area contributed by atoms with Crippen LogP contribution in [-0.2, 0) is 0 Å². The van der Waals surface area contributed by atoms with Gasteiger partial charge in [0.15, 0.2) is 0 Å². The molecule has 5 rings (SSSR count). The van der Waals surface area contributed by atoms with Gasteiger partial charge in [0.05, 0.1) is 15.6 Å². The summed E-state index contributed by atoms with van der Waals surface area (Å²) in [5, 5.41) is 2.37. The molecule has 0 radical (unpaired) electrons. The second kappa shape index (κ2) is 12.8. The fraction of sp³-hybridized carbons (Fsp3) is 0.211. The molecule has 0 saturated heterocycles.